The molecule has 0 aliphatic rings. The highest BCUT2D eigenvalue weighted by molar-refractivity contribution is 5.95. The van der Waals surface area contributed by atoms with Crippen LogP contribution in [0.2, 0.25) is 0 Å². The molecule has 2 N–H and O–H groups in total. The lowest BCUT2D eigenvalue weighted by atomic mass is 10.2. The number of nitro benzene ring substituents is 1. The number of ether oxygens (including phenoxy) is 1. The molecule has 0 spiro atoms. The third-order valence-electron chi connectivity index (χ3n) is 2.97. The molecule has 0 aliphatic carbocycles. The number of halogens is 1. The van der Waals surface area contributed by atoms with Gasteiger partial charge in [-0.2, -0.15) is 0 Å². The molecule has 23 heavy (non-hydrogen) atoms. The number of carbonyl (C=O) groups is 1. The van der Waals surface area contributed by atoms with E-state index in [0.717, 1.165) is 0 Å². The van der Waals surface area contributed by atoms with Gasteiger partial charge in [0.1, 0.15) is 11.6 Å². The van der Waals surface area contributed by atoms with Crippen LogP contribution in [0, 0.1) is 15.9 Å². The maximum Gasteiger partial charge on any atom is 0.273 e. The van der Waals surface area contributed by atoms with Gasteiger partial charge in [-0.25, -0.2) is 4.39 Å². The lowest BCUT2D eigenvalue weighted by molar-refractivity contribution is -0.384. The van der Waals surface area contributed by atoms with E-state index in [2.05, 4.69) is 10.6 Å². The van der Waals surface area contributed by atoms with Crippen LogP contribution < -0.4 is 15.4 Å². The molecule has 2 aromatic carbocycles. The van der Waals surface area contributed by atoms with Crippen molar-refractivity contribution in [2.75, 3.05) is 24.3 Å². The molecule has 0 heterocycles. The van der Waals surface area contributed by atoms with E-state index in [1.165, 1.54) is 49.6 Å². The minimum Gasteiger partial charge on any atom is -0.494 e. The van der Waals surface area contributed by atoms with E-state index in [0.29, 0.717) is 11.4 Å². The summed E-state index contributed by atoms with van der Waals surface area (Å²) >= 11 is 0. The molecule has 1 amide bonds. The minimum atomic E-state index is -0.551. The molecule has 0 bridgehead atoms. The van der Waals surface area contributed by atoms with Crippen LogP contribution in [0.1, 0.15) is 0 Å². The van der Waals surface area contributed by atoms with Crippen molar-refractivity contribution in [2.45, 2.75) is 0 Å². The van der Waals surface area contributed by atoms with E-state index < -0.39 is 4.92 Å². The van der Waals surface area contributed by atoms with Gasteiger partial charge in [-0.3, -0.25) is 14.9 Å². The molecule has 2 rings (SSSR count). The molecular weight excluding hydrogens is 305 g/mol. The molecule has 2 aromatic rings. The number of anilines is 2. The van der Waals surface area contributed by atoms with E-state index in [4.69, 9.17) is 4.74 Å². The molecule has 8 heteroatoms. The number of hydrogen-bond acceptors (Lipinski definition) is 5. The monoisotopic (exact) mass is 319 g/mol. The van der Waals surface area contributed by atoms with Gasteiger partial charge in [0.2, 0.25) is 5.91 Å². The fourth-order valence-corrected chi connectivity index (χ4v) is 1.84. The number of hydrogen-bond donors (Lipinski definition) is 2. The highest BCUT2D eigenvalue weighted by Crippen LogP contribution is 2.28. The molecule has 0 fully saturated rings. The van der Waals surface area contributed by atoms with Crippen LogP contribution >= 0.6 is 0 Å². The van der Waals surface area contributed by atoms with Crippen LogP contribution in [0.3, 0.4) is 0 Å². The van der Waals surface area contributed by atoms with Crippen molar-refractivity contribution >= 4 is 23.0 Å². The molecule has 0 aromatic heterocycles. The Morgan fingerprint density at radius 2 is 1.96 bits per heavy atom. The number of nitrogens with zero attached hydrogens (tertiary/aromatic N) is 1. The predicted molar refractivity (Wildman–Crippen MR) is 83.2 cm³/mol. The summed E-state index contributed by atoms with van der Waals surface area (Å²) in [5.41, 5.74) is 0.783. The molecule has 0 radical (unpaired) electrons. The van der Waals surface area contributed by atoms with Gasteiger partial charge < -0.3 is 15.4 Å². The number of rotatable bonds is 6. The van der Waals surface area contributed by atoms with Gasteiger partial charge in [-0.1, -0.05) is 0 Å². The third kappa shape index (κ3) is 4.40. The first-order valence-electron chi connectivity index (χ1n) is 6.61. The predicted octanol–water partition coefficient (Wildman–Crippen LogP) is 2.79. The van der Waals surface area contributed by atoms with Gasteiger partial charge in [0.25, 0.3) is 5.69 Å². The Kier molecular flexibility index (Phi) is 5.08. The summed E-state index contributed by atoms with van der Waals surface area (Å²) in [5.74, 6) is -0.550. The fraction of sp³-hybridized carbons (Fsp3) is 0.133. The lowest BCUT2D eigenvalue weighted by Crippen LogP contribution is -2.22. The first kappa shape index (κ1) is 16.2. The molecule has 0 saturated heterocycles. The highest BCUT2D eigenvalue weighted by Gasteiger charge is 2.13. The van der Waals surface area contributed by atoms with Crippen molar-refractivity contribution in [1.82, 2.24) is 0 Å². The van der Waals surface area contributed by atoms with Crippen molar-refractivity contribution in [3.63, 3.8) is 0 Å². The van der Waals surface area contributed by atoms with Crippen molar-refractivity contribution in [1.29, 1.82) is 0 Å². The summed E-state index contributed by atoms with van der Waals surface area (Å²) < 4.78 is 17.8. The second-order valence-electron chi connectivity index (χ2n) is 4.55. The summed E-state index contributed by atoms with van der Waals surface area (Å²) in [6.45, 7) is -0.0498. The number of methoxy groups -OCH3 is 1. The fourth-order valence-electron chi connectivity index (χ4n) is 1.84. The lowest BCUT2D eigenvalue weighted by Gasteiger charge is -2.11. The summed E-state index contributed by atoms with van der Waals surface area (Å²) in [4.78, 5) is 22.1. The topological polar surface area (TPSA) is 93.5 Å². The van der Waals surface area contributed by atoms with Crippen molar-refractivity contribution < 1.29 is 18.8 Å². The summed E-state index contributed by atoms with van der Waals surface area (Å²) in [6.07, 6.45) is 0. The van der Waals surface area contributed by atoms with Crippen LogP contribution in [0.15, 0.2) is 42.5 Å². The van der Waals surface area contributed by atoms with Gasteiger partial charge in [-0.05, 0) is 30.3 Å². The zero-order valence-corrected chi connectivity index (χ0v) is 12.2. The largest absolute Gasteiger partial charge is 0.494 e. The number of carbonyl (C=O) groups excluding carboxylic acids is 1. The standard InChI is InChI=1S/C15H14FN3O4/c1-23-14-8-12(19(21)22)6-7-13(14)18-15(20)9-17-11-4-2-10(16)3-5-11/h2-8,17H,9H2,1H3,(H,18,20). The van der Waals surface area contributed by atoms with Gasteiger partial charge >= 0.3 is 0 Å². The second-order valence-corrected chi connectivity index (χ2v) is 4.55. The number of nitrogens with one attached hydrogen (secondary N) is 2. The van der Waals surface area contributed by atoms with Gasteiger partial charge in [0, 0.05) is 11.8 Å². The maximum atomic E-state index is 12.8. The number of benzene rings is 2. The maximum absolute atomic E-state index is 12.8. The smallest absolute Gasteiger partial charge is 0.273 e. The highest BCUT2D eigenvalue weighted by atomic mass is 19.1. The summed E-state index contributed by atoms with van der Waals surface area (Å²) in [6, 6.07) is 9.46. The average molecular weight is 319 g/mol. The summed E-state index contributed by atoms with van der Waals surface area (Å²) in [5, 5.41) is 16.1. The number of nitro groups is 1. The van der Waals surface area contributed by atoms with Crippen LogP contribution in [0.4, 0.5) is 21.5 Å². The molecule has 0 aliphatic heterocycles. The van der Waals surface area contributed by atoms with Crippen LogP contribution in [-0.4, -0.2) is 24.5 Å². The normalized spacial score (nSPS) is 10.0. The van der Waals surface area contributed by atoms with Crippen LogP contribution in [0.25, 0.3) is 0 Å². The Labute approximate surface area is 131 Å². The van der Waals surface area contributed by atoms with E-state index in [-0.39, 0.29) is 29.7 Å². The van der Waals surface area contributed by atoms with Crippen molar-refractivity contribution in [3.05, 3.63) is 58.4 Å². The number of amides is 1. The Bertz CT molecular complexity index is 719. The van der Waals surface area contributed by atoms with Crippen LogP contribution in [0.5, 0.6) is 5.75 Å². The minimum absolute atomic E-state index is 0.0498. The SMILES string of the molecule is COc1cc([N+](=O)[O-])ccc1NC(=O)CNc1ccc(F)cc1. The third-order valence-corrected chi connectivity index (χ3v) is 2.97. The second kappa shape index (κ2) is 7.21. The Balaban J connectivity index is 1.99. The number of non-ortho nitro benzene ring substituents is 1. The molecule has 0 atom stereocenters. The van der Waals surface area contributed by atoms with Crippen molar-refractivity contribution in [2.24, 2.45) is 0 Å². The zero-order valence-electron chi connectivity index (χ0n) is 12.2. The quantitative estimate of drug-likeness (QED) is 0.631. The van der Waals surface area contributed by atoms with Crippen molar-refractivity contribution in [3.8, 4) is 5.75 Å². The van der Waals surface area contributed by atoms with Gasteiger partial charge in [0.15, 0.2) is 0 Å². The average Bonchev–Trinajstić information content (AvgIpc) is 2.54. The first-order chi connectivity index (χ1) is 11.0. The van der Waals surface area contributed by atoms with Gasteiger partial charge in [0.05, 0.1) is 30.3 Å². The van der Waals surface area contributed by atoms with Gasteiger partial charge in [-0.15, -0.1) is 0 Å². The van der Waals surface area contributed by atoms with Crippen LogP contribution in [-0.2, 0) is 4.79 Å². The first-order valence-corrected chi connectivity index (χ1v) is 6.61. The van der Waals surface area contributed by atoms with E-state index in [9.17, 15) is 19.3 Å². The Hall–Kier alpha value is -3.16. The molecule has 0 unspecified atom stereocenters. The zero-order chi connectivity index (χ0) is 16.8. The van der Waals surface area contributed by atoms with E-state index >= 15 is 0 Å². The molecule has 120 valence electrons. The molecule has 0 saturated carbocycles. The Morgan fingerprint density at radius 1 is 1.26 bits per heavy atom. The Morgan fingerprint density at radius 3 is 2.57 bits per heavy atom. The summed E-state index contributed by atoms with van der Waals surface area (Å²) in [7, 11) is 1.35. The van der Waals surface area contributed by atoms with E-state index in [1.54, 1.807) is 0 Å². The van der Waals surface area contributed by atoms with E-state index in [1.807, 2.05) is 0 Å². The molecular formula is C15H14FN3O4. The molecule has 7 nitrogen and oxygen atoms in total.